The van der Waals surface area contributed by atoms with Crippen LogP contribution >= 0.6 is 11.3 Å². The van der Waals surface area contributed by atoms with Crippen LogP contribution in [0.3, 0.4) is 0 Å². The molecule has 0 fully saturated rings. The summed E-state index contributed by atoms with van der Waals surface area (Å²) < 4.78 is 4.97. The minimum Gasteiger partial charge on any atom is -0.395 e. The highest BCUT2D eigenvalue weighted by Gasteiger charge is 2.19. The third kappa shape index (κ3) is 4.94. The lowest BCUT2D eigenvalue weighted by Gasteiger charge is -2.20. The average Bonchev–Trinajstić information content (AvgIpc) is 2.91. The summed E-state index contributed by atoms with van der Waals surface area (Å²) in [4.78, 5) is 14.5. The van der Waals surface area contributed by atoms with Crippen LogP contribution in [0.4, 0.5) is 0 Å². The third-order valence-electron chi connectivity index (χ3n) is 2.54. The van der Waals surface area contributed by atoms with E-state index in [1.54, 1.807) is 18.1 Å². The van der Waals surface area contributed by atoms with Crippen molar-refractivity contribution in [1.82, 2.24) is 4.90 Å². The second kappa shape index (κ2) is 9.50. The number of aliphatic hydroxyl groups is 2. The summed E-state index contributed by atoms with van der Waals surface area (Å²) in [6.45, 7) is 1.03. The summed E-state index contributed by atoms with van der Waals surface area (Å²) >= 11 is 1.32. The van der Waals surface area contributed by atoms with E-state index in [-0.39, 0.29) is 25.7 Å². The van der Waals surface area contributed by atoms with Gasteiger partial charge in [-0.15, -0.1) is 11.3 Å². The molecule has 0 saturated carbocycles. The van der Waals surface area contributed by atoms with Crippen molar-refractivity contribution >= 4 is 17.2 Å². The molecule has 0 spiro atoms. The first-order valence-corrected chi connectivity index (χ1v) is 7.18. The van der Waals surface area contributed by atoms with Crippen molar-refractivity contribution < 1.29 is 19.7 Å². The number of ether oxygens (including phenoxy) is 1. The quantitative estimate of drug-likeness (QED) is 0.722. The number of carbonyl (C=O) groups is 1. The minimum atomic E-state index is -0.153. The molecule has 0 unspecified atom stereocenters. The number of hydrogen-bond acceptors (Lipinski definition) is 5. The van der Waals surface area contributed by atoms with E-state index in [0.29, 0.717) is 30.0 Å². The van der Waals surface area contributed by atoms with Crippen molar-refractivity contribution in [2.24, 2.45) is 0 Å². The van der Waals surface area contributed by atoms with E-state index in [9.17, 15) is 4.79 Å². The zero-order valence-corrected chi connectivity index (χ0v) is 12.3. The summed E-state index contributed by atoms with van der Waals surface area (Å²) in [5, 5.41) is 19.6. The van der Waals surface area contributed by atoms with Crippen LogP contribution in [0, 0.1) is 11.8 Å². The highest BCUT2D eigenvalue weighted by Crippen LogP contribution is 2.18. The van der Waals surface area contributed by atoms with Gasteiger partial charge in [0, 0.05) is 32.2 Å². The molecule has 0 saturated heterocycles. The van der Waals surface area contributed by atoms with Gasteiger partial charge in [-0.05, 0) is 11.4 Å². The molecule has 1 aromatic rings. The van der Waals surface area contributed by atoms with Gasteiger partial charge in [0.2, 0.25) is 0 Å². The Morgan fingerprint density at radius 1 is 1.40 bits per heavy atom. The van der Waals surface area contributed by atoms with Gasteiger partial charge < -0.3 is 19.8 Å². The van der Waals surface area contributed by atoms with Gasteiger partial charge in [-0.25, -0.2) is 0 Å². The molecule has 6 heteroatoms. The maximum absolute atomic E-state index is 12.4. The number of thiophene rings is 1. The van der Waals surface area contributed by atoms with Gasteiger partial charge in [-0.3, -0.25) is 4.79 Å². The number of hydrogen-bond donors (Lipinski definition) is 2. The van der Waals surface area contributed by atoms with E-state index in [1.165, 1.54) is 11.3 Å². The van der Waals surface area contributed by atoms with Crippen molar-refractivity contribution in [3.8, 4) is 11.8 Å². The second-order valence-electron chi connectivity index (χ2n) is 3.95. The van der Waals surface area contributed by atoms with Crippen LogP contribution in [0.2, 0.25) is 0 Å². The Morgan fingerprint density at radius 3 is 2.85 bits per heavy atom. The van der Waals surface area contributed by atoms with Gasteiger partial charge in [0.1, 0.15) is 4.88 Å². The first-order chi connectivity index (χ1) is 9.74. The second-order valence-corrected chi connectivity index (χ2v) is 4.86. The van der Waals surface area contributed by atoms with Crippen LogP contribution in [0.25, 0.3) is 0 Å². The van der Waals surface area contributed by atoms with Crippen LogP contribution in [0.15, 0.2) is 11.4 Å². The van der Waals surface area contributed by atoms with Crippen molar-refractivity contribution in [1.29, 1.82) is 0 Å². The van der Waals surface area contributed by atoms with Gasteiger partial charge in [0.15, 0.2) is 0 Å². The average molecular weight is 297 g/mol. The topological polar surface area (TPSA) is 70.0 Å². The van der Waals surface area contributed by atoms with Crippen molar-refractivity contribution in [2.75, 3.05) is 40.0 Å². The SMILES string of the molecule is COCCN(CCO)C(=O)c1sccc1C#CCCO. The Kier molecular flexibility index (Phi) is 7.92. The highest BCUT2D eigenvalue weighted by atomic mass is 32.1. The summed E-state index contributed by atoms with van der Waals surface area (Å²) in [6.07, 6.45) is 0.382. The van der Waals surface area contributed by atoms with Crippen LogP contribution in [0.5, 0.6) is 0 Å². The molecule has 20 heavy (non-hydrogen) atoms. The number of methoxy groups -OCH3 is 1. The van der Waals surface area contributed by atoms with Gasteiger partial charge in [-0.2, -0.15) is 0 Å². The lowest BCUT2D eigenvalue weighted by atomic mass is 10.2. The van der Waals surface area contributed by atoms with Gasteiger partial charge >= 0.3 is 0 Å². The molecule has 0 atom stereocenters. The van der Waals surface area contributed by atoms with Crippen molar-refractivity contribution in [3.63, 3.8) is 0 Å². The molecule has 5 nitrogen and oxygen atoms in total. The Hall–Kier alpha value is -1.39. The van der Waals surface area contributed by atoms with E-state index in [4.69, 9.17) is 14.9 Å². The molecule has 1 aromatic heterocycles. The normalized spacial score (nSPS) is 9.95. The maximum Gasteiger partial charge on any atom is 0.265 e. The summed E-state index contributed by atoms with van der Waals surface area (Å²) in [7, 11) is 1.57. The van der Waals surface area contributed by atoms with Crippen molar-refractivity contribution in [3.05, 3.63) is 21.9 Å². The smallest absolute Gasteiger partial charge is 0.265 e. The predicted molar refractivity (Wildman–Crippen MR) is 77.8 cm³/mol. The molecule has 110 valence electrons. The van der Waals surface area contributed by atoms with Gasteiger partial charge in [0.05, 0.1) is 19.8 Å². The molecule has 0 aromatic carbocycles. The summed E-state index contributed by atoms with van der Waals surface area (Å²) in [5.74, 6) is 5.54. The number of aliphatic hydroxyl groups excluding tert-OH is 2. The lowest BCUT2D eigenvalue weighted by Crippen LogP contribution is -2.36. The maximum atomic E-state index is 12.4. The van der Waals surface area contributed by atoms with E-state index in [1.807, 2.05) is 5.38 Å². The van der Waals surface area contributed by atoms with E-state index in [2.05, 4.69) is 11.8 Å². The van der Waals surface area contributed by atoms with Crippen LogP contribution < -0.4 is 0 Å². The third-order valence-corrected chi connectivity index (χ3v) is 3.44. The minimum absolute atomic E-state index is 0.00485. The molecule has 2 N–H and O–H groups in total. The Balaban J connectivity index is 2.84. The molecule has 0 aliphatic rings. The standard InChI is InChI=1S/C14H19NO4S/c1-19-10-7-15(6-9-17)14(18)13-12(5-11-20-13)4-2-3-8-16/h5,11,16-17H,3,6-10H2,1H3. The van der Waals surface area contributed by atoms with Gasteiger partial charge in [-0.1, -0.05) is 11.8 Å². The first kappa shape index (κ1) is 16.7. The number of nitrogens with zero attached hydrogens (tertiary/aromatic N) is 1. The fraction of sp³-hybridized carbons (Fsp3) is 0.500. The Labute approximate surface area is 122 Å². The lowest BCUT2D eigenvalue weighted by molar-refractivity contribution is 0.0661. The number of carbonyl (C=O) groups excluding carboxylic acids is 1. The number of amides is 1. The van der Waals surface area contributed by atoms with E-state index in [0.717, 1.165) is 0 Å². The van der Waals surface area contributed by atoms with E-state index < -0.39 is 0 Å². The zero-order chi connectivity index (χ0) is 14.8. The van der Waals surface area contributed by atoms with Gasteiger partial charge in [0.25, 0.3) is 5.91 Å². The largest absolute Gasteiger partial charge is 0.395 e. The monoisotopic (exact) mass is 297 g/mol. The molecule has 1 amide bonds. The highest BCUT2D eigenvalue weighted by molar-refractivity contribution is 7.12. The Morgan fingerprint density at radius 2 is 2.20 bits per heavy atom. The van der Waals surface area contributed by atoms with Crippen LogP contribution in [-0.4, -0.2) is 61.0 Å². The fourth-order valence-electron chi connectivity index (χ4n) is 1.57. The summed E-state index contributed by atoms with van der Waals surface area (Å²) in [6, 6.07) is 1.79. The molecule has 0 aliphatic carbocycles. The molecule has 0 radical (unpaired) electrons. The van der Waals surface area contributed by atoms with E-state index >= 15 is 0 Å². The van der Waals surface area contributed by atoms with Crippen molar-refractivity contribution in [2.45, 2.75) is 6.42 Å². The Bertz CT molecular complexity index is 475. The van der Waals surface area contributed by atoms with Crippen LogP contribution in [-0.2, 0) is 4.74 Å². The molecule has 0 bridgehead atoms. The molecule has 0 aliphatic heterocycles. The van der Waals surface area contributed by atoms with Crippen LogP contribution in [0.1, 0.15) is 21.7 Å². The molecular formula is C14H19NO4S. The summed E-state index contributed by atoms with van der Waals surface area (Å²) in [5.41, 5.74) is 0.661. The first-order valence-electron chi connectivity index (χ1n) is 6.30. The molecule has 1 rings (SSSR count). The zero-order valence-electron chi connectivity index (χ0n) is 11.5. The number of rotatable bonds is 7. The predicted octanol–water partition coefficient (Wildman–Crippen LogP) is 0.563. The molecule has 1 heterocycles. The fourth-order valence-corrected chi connectivity index (χ4v) is 2.38. The molecular weight excluding hydrogens is 278 g/mol.